The van der Waals surface area contributed by atoms with Crippen LogP contribution >= 0.6 is 0 Å². The van der Waals surface area contributed by atoms with Gasteiger partial charge in [-0.3, -0.25) is 9.48 Å². The van der Waals surface area contributed by atoms with Crippen molar-refractivity contribution >= 4 is 22.4 Å². The SMILES string of the molecule is Cc1c(F)cccc1[C@@]1(C(=O)O)C=C(c2ccc3cnn(C)c3c2)CC1. The van der Waals surface area contributed by atoms with Crippen LogP contribution in [0.3, 0.4) is 0 Å². The summed E-state index contributed by atoms with van der Waals surface area (Å²) in [6.45, 7) is 1.64. The lowest BCUT2D eigenvalue weighted by molar-refractivity contribution is -0.141. The average Bonchev–Trinajstić information content (AvgIpc) is 3.23. The second kappa shape index (κ2) is 5.80. The van der Waals surface area contributed by atoms with Crippen molar-refractivity contribution in [2.24, 2.45) is 7.05 Å². The minimum absolute atomic E-state index is 0.374. The standard InChI is InChI=1S/C21H19FN2O2/c1-13-17(4-3-5-18(13)22)21(20(25)26)9-8-15(11-21)14-6-7-16-12-23-24(2)19(16)10-14/h3-7,10-12H,8-9H2,1-2H3,(H,25,26)/t21-/m0/s1. The summed E-state index contributed by atoms with van der Waals surface area (Å²) < 4.78 is 15.8. The number of rotatable bonds is 3. The van der Waals surface area contributed by atoms with Gasteiger partial charge in [-0.05, 0) is 54.2 Å². The molecule has 26 heavy (non-hydrogen) atoms. The molecule has 0 spiro atoms. The molecule has 132 valence electrons. The topological polar surface area (TPSA) is 55.1 Å². The van der Waals surface area contributed by atoms with Gasteiger partial charge in [0.25, 0.3) is 0 Å². The van der Waals surface area contributed by atoms with Crippen LogP contribution in [0.2, 0.25) is 0 Å². The quantitative estimate of drug-likeness (QED) is 0.769. The molecule has 3 aromatic rings. The van der Waals surface area contributed by atoms with Crippen LogP contribution in [-0.2, 0) is 17.3 Å². The number of hydrogen-bond acceptors (Lipinski definition) is 2. The van der Waals surface area contributed by atoms with E-state index in [1.54, 1.807) is 36.0 Å². The first-order valence-corrected chi connectivity index (χ1v) is 8.55. The molecule has 0 radical (unpaired) electrons. The van der Waals surface area contributed by atoms with Crippen molar-refractivity contribution in [3.8, 4) is 0 Å². The van der Waals surface area contributed by atoms with Crippen LogP contribution < -0.4 is 0 Å². The Morgan fingerprint density at radius 2 is 2.12 bits per heavy atom. The molecule has 1 aliphatic rings. The lowest BCUT2D eigenvalue weighted by Crippen LogP contribution is -2.32. The minimum atomic E-state index is -1.19. The van der Waals surface area contributed by atoms with E-state index < -0.39 is 11.4 Å². The summed E-state index contributed by atoms with van der Waals surface area (Å²) in [5.74, 6) is -1.32. The second-order valence-corrected chi connectivity index (χ2v) is 6.90. The number of aryl methyl sites for hydroxylation is 1. The molecule has 1 aromatic heterocycles. The van der Waals surface area contributed by atoms with E-state index in [2.05, 4.69) is 5.10 Å². The molecule has 0 unspecified atom stereocenters. The average molecular weight is 350 g/mol. The molecule has 0 bridgehead atoms. The Kier molecular flexibility index (Phi) is 3.68. The third-order valence-electron chi connectivity index (χ3n) is 5.46. The number of aliphatic carboxylic acids is 1. The Balaban J connectivity index is 1.86. The fourth-order valence-corrected chi connectivity index (χ4v) is 3.93. The first-order chi connectivity index (χ1) is 12.4. The van der Waals surface area contributed by atoms with E-state index in [1.807, 2.05) is 25.2 Å². The summed E-state index contributed by atoms with van der Waals surface area (Å²) in [6.07, 6.45) is 4.66. The summed E-state index contributed by atoms with van der Waals surface area (Å²) in [5.41, 5.74) is 2.69. The molecule has 1 aliphatic carbocycles. The van der Waals surface area contributed by atoms with Crippen molar-refractivity contribution in [2.45, 2.75) is 25.2 Å². The molecule has 4 nitrogen and oxygen atoms in total. The summed E-state index contributed by atoms with van der Waals surface area (Å²) >= 11 is 0. The normalized spacial score (nSPS) is 19.7. The van der Waals surface area contributed by atoms with E-state index >= 15 is 0 Å². The lowest BCUT2D eigenvalue weighted by Gasteiger charge is -2.24. The number of carboxylic acids is 1. The molecule has 0 saturated heterocycles. The minimum Gasteiger partial charge on any atom is -0.480 e. The Morgan fingerprint density at radius 1 is 1.31 bits per heavy atom. The van der Waals surface area contributed by atoms with Crippen LogP contribution in [0.15, 0.2) is 48.7 Å². The molecule has 4 rings (SSSR count). The van der Waals surface area contributed by atoms with Gasteiger partial charge in [0.05, 0.1) is 11.7 Å². The van der Waals surface area contributed by atoms with Gasteiger partial charge in [0, 0.05) is 12.4 Å². The fraction of sp³-hybridized carbons (Fsp3) is 0.238. The van der Waals surface area contributed by atoms with E-state index in [-0.39, 0.29) is 5.82 Å². The maximum atomic E-state index is 14.0. The van der Waals surface area contributed by atoms with Crippen LogP contribution in [0, 0.1) is 12.7 Å². The third kappa shape index (κ3) is 2.35. The van der Waals surface area contributed by atoms with Crippen LogP contribution in [0.5, 0.6) is 0 Å². The number of aromatic nitrogens is 2. The maximum absolute atomic E-state index is 14.0. The zero-order chi connectivity index (χ0) is 18.5. The maximum Gasteiger partial charge on any atom is 0.318 e. The van der Waals surface area contributed by atoms with Gasteiger partial charge < -0.3 is 5.11 Å². The van der Waals surface area contributed by atoms with Crippen LogP contribution in [-0.4, -0.2) is 20.9 Å². The molecule has 1 N–H and O–H groups in total. The van der Waals surface area contributed by atoms with Crippen molar-refractivity contribution in [2.75, 3.05) is 0 Å². The van der Waals surface area contributed by atoms with E-state index in [1.165, 1.54) is 6.07 Å². The van der Waals surface area contributed by atoms with Gasteiger partial charge in [-0.15, -0.1) is 0 Å². The summed E-state index contributed by atoms with van der Waals surface area (Å²) in [6, 6.07) is 10.7. The Labute approximate surface area is 150 Å². The summed E-state index contributed by atoms with van der Waals surface area (Å²) in [7, 11) is 1.88. The molecule has 5 heteroatoms. The summed E-state index contributed by atoms with van der Waals surface area (Å²) in [5, 5.41) is 15.3. The van der Waals surface area contributed by atoms with Gasteiger partial charge in [-0.2, -0.15) is 5.10 Å². The molecular weight excluding hydrogens is 331 g/mol. The highest BCUT2D eigenvalue weighted by molar-refractivity contribution is 5.91. The first-order valence-electron chi connectivity index (χ1n) is 8.55. The number of nitrogens with zero attached hydrogens (tertiary/aromatic N) is 2. The zero-order valence-electron chi connectivity index (χ0n) is 14.7. The van der Waals surface area contributed by atoms with Gasteiger partial charge >= 0.3 is 5.97 Å². The van der Waals surface area contributed by atoms with Gasteiger partial charge in [0.15, 0.2) is 0 Å². The smallest absolute Gasteiger partial charge is 0.318 e. The predicted molar refractivity (Wildman–Crippen MR) is 98.4 cm³/mol. The number of allylic oxidation sites excluding steroid dienone is 1. The number of carbonyl (C=O) groups is 1. The largest absolute Gasteiger partial charge is 0.480 e. The number of benzene rings is 2. The van der Waals surface area contributed by atoms with E-state index in [4.69, 9.17) is 0 Å². The van der Waals surface area contributed by atoms with E-state index in [0.717, 1.165) is 22.0 Å². The van der Waals surface area contributed by atoms with Gasteiger partial charge in [0.2, 0.25) is 0 Å². The molecule has 0 saturated carbocycles. The van der Waals surface area contributed by atoms with Gasteiger partial charge in [0.1, 0.15) is 11.2 Å². The Hall–Kier alpha value is -2.95. The Morgan fingerprint density at radius 3 is 2.88 bits per heavy atom. The number of carboxylic acid groups (broad SMARTS) is 1. The molecule has 0 amide bonds. The second-order valence-electron chi connectivity index (χ2n) is 6.90. The molecular formula is C21H19FN2O2. The lowest BCUT2D eigenvalue weighted by atomic mass is 9.78. The zero-order valence-corrected chi connectivity index (χ0v) is 14.7. The third-order valence-corrected chi connectivity index (χ3v) is 5.46. The number of halogens is 1. The monoisotopic (exact) mass is 350 g/mol. The van der Waals surface area contributed by atoms with Crippen molar-refractivity contribution in [1.29, 1.82) is 0 Å². The fourth-order valence-electron chi connectivity index (χ4n) is 3.93. The van der Waals surface area contributed by atoms with Crippen LogP contribution in [0.1, 0.15) is 29.5 Å². The van der Waals surface area contributed by atoms with E-state index in [9.17, 15) is 14.3 Å². The molecule has 1 heterocycles. The first kappa shape index (κ1) is 16.5. The number of fused-ring (bicyclic) bond motifs is 1. The molecule has 0 fully saturated rings. The highest BCUT2D eigenvalue weighted by atomic mass is 19.1. The van der Waals surface area contributed by atoms with Crippen LogP contribution in [0.25, 0.3) is 16.5 Å². The summed E-state index contributed by atoms with van der Waals surface area (Å²) in [4.78, 5) is 12.2. The van der Waals surface area contributed by atoms with Crippen molar-refractivity contribution in [3.05, 3.63) is 71.2 Å². The predicted octanol–water partition coefficient (Wildman–Crippen LogP) is 4.22. The molecule has 0 aliphatic heterocycles. The molecule has 2 aromatic carbocycles. The Bertz CT molecular complexity index is 1070. The number of hydrogen-bond donors (Lipinski definition) is 1. The van der Waals surface area contributed by atoms with Crippen molar-refractivity contribution in [3.63, 3.8) is 0 Å². The molecule has 1 atom stereocenters. The highest BCUT2D eigenvalue weighted by Gasteiger charge is 2.43. The van der Waals surface area contributed by atoms with E-state index in [0.29, 0.717) is 24.0 Å². The highest BCUT2D eigenvalue weighted by Crippen LogP contribution is 2.44. The van der Waals surface area contributed by atoms with Gasteiger partial charge in [-0.1, -0.05) is 30.3 Å². The van der Waals surface area contributed by atoms with Gasteiger partial charge in [-0.25, -0.2) is 4.39 Å². The van der Waals surface area contributed by atoms with Crippen molar-refractivity contribution in [1.82, 2.24) is 9.78 Å². The van der Waals surface area contributed by atoms with Crippen LogP contribution in [0.4, 0.5) is 4.39 Å². The van der Waals surface area contributed by atoms with Crippen molar-refractivity contribution < 1.29 is 14.3 Å².